The Balaban J connectivity index is 3.20. The molecular weight excluding hydrogens is 298 g/mol. The minimum atomic E-state index is -4.93. The van der Waals surface area contributed by atoms with Gasteiger partial charge in [-0.15, -0.1) is 0 Å². The first kappa shape index (κ1) is 16.9. The van der Waals surface area contributed by atoms with Crippen molar-refractivity contribution < 1.29 is 26.0 Å². The molecule has 0 aliphatic rings. The van der Waals surface area contributed by atoms with Crippen LogP contribution in [0.3, 0.4) is 0 Å². The molecule has 0 amide bonds. The van der Waals surface area contributed by atoms with Gasteiger partial charge in [-0.05, 0) is 24.6 Å². The summed E-state index contributed by atoms with van der Waals surface area (Å²) in [5.74, 6) is -1.49. The SMILES string of the molecule is CCCCN(C)S(=O)(=O)c1ccc(F)c(C(F)(F)F)c1. The van der Waals surface area contributed by atoms with Gasteiger partial charge in [0.2, 0.25) is 10.0 Å². The molecule has 0 aliphatic heterocycles. The Morgan fingerprint density at radius 3 is 2.35 bits per heavy atom. The van der Waals surface area contributed by atoms with Crippen LogP contribution in [0.1, 0.15) is 25.3 Å². The second-order valence-electron chi connectivity index (χ2n) is 4.32. The molecule has 8 heteroatoms. The van der Waals surface area contributed by atoms with E-state index in [1.165, 1.54) is 7.05 Å². The van der Waals surface area contributed by atoms with Crippen molar-refractivity contribution in [2.45, 2.75) is 30.8 Å². The first-order valence-electron chi connectivity index (χ1n) is 5.93. The second kappa shape index (κ2) is 6.09. The highest BCUT2D eigenvalue weighted by molar-refractivity contribution is 7.89. The number of hydrogen-bond acceptors (Lipinski definition) is 2. The summed E-state index contributed by atoms with van der Waals surface area (Å²) in [5, 5.41) is 0. The van der Waals surface area contributed by atoms with E-state index in [2.05, 4.69) is 0 Å². The lowest BCUT2D eigenvalue weighted by molar-refractivity contribution is -0.140. The minimum Gasteiger partial charge on any atom is -0.207 e. The first-order valence-corrected chi connectivity index (χ1v) is 7.37. The zero-order valence-electron chi connectivity index (χ0n) is 11.0. The lowest BCUT2D eigenvalue weighted by Gasteiger charge is -2.18. The van der Waals surface area contributed by atoms with Crippen LogP contribution in [0.2, 0.25) is 0 Å². The molecule has 0 atom stereocenters. The van der Waals surface area contributed by atoms with Crippen molar-refractivity contribution in [2.75, 3.05) is 13.6 Å². The average molecular weight is 313 g/mol. The van der Waals surface area contributed by atoms with E-state index in [1.54, 1.807) is 0 Å². The van der Waals surface area contributed by atoms with E-state index in [9.17, 15) is 26.0 Å². The maximum Gasteiger partial charge on any atom is 0.419 e. The Bertz CT molecular complexity index is 569. The van der Waals surface area contributed by atoms with E-state index in [0.717, 1.165) is 16.8 Å². The fraction of sp³-hybridized carbons (Fsp3) is 0.500. The number of halogens is 4. The summed E-state index contributed by atoms with van der Waals surface area (Å²) in [6.07, 6.45) is -3.60. The van der Waals surface area contributed by atoms with E-state index >= 15 is 0 Å². The van der Waals surface area contributed by atoms with Crippen molar-refractivity contribution in [2.24, 2.45) is 0 Å². The van der Waals surface area contributed by atoms with Crippen LogP contribution in [-0.4, -0.2) is 26.3 Å². The highest BCUT2D eigenvalue weighted by atomic mass is 32.2. The van der Waals surface area contributed by atoms with Crippen LogP contribution in [0.25, 0.3) is 0 Å². The molecule has 114 valence electrons. The Kier molecular flexibility index (Phi) is 5.15. The van der Waals surface area contributed by atoms with Crippen LogP contribution >= 0.6 is 0 Å². The molecule has 0 radical (unpaired) electrons. The van der Waals surface area contributed by atoms with E-state index in [0.29, 0.717) is 18.6 Å². The van der Waals surface area contributed by atoms with Gasteiger partial charge < -0.3 is 0 Å². The summed E-state index contributed by atoms with van der Waals surface area (Å²) < 4.78 is 75.9. The Labute approximate surface area is 115 Å². The second-order valence-corrected chi connectivity index (χ2v) is 6.36. The number of sulfonamides is 1. The maximum atomic E-state index is 13.1. The monoisotopic (exact) mass is 313 g/mol. The van der Waals surface area contributed by atoms with Gasteiger partial charge >= 0.3 is 6.18 Å². The molecule has 0 saturated carbocycles. The van der Waals surface area contributed by atoms with Crippen LogP contribution in [0.4, 0.5) is 17.6 Å². The largest absolute Gasteiger partial charge is 0.419 e. The third kappa shape index (κ3) is 3.69. The summed E-state index contributed by atoms with van der Waals surface area (Å²) in [4.78, 5) is -0.565. The Morgan fingerprint density at radius 2 is 1.85 bits per heavy atom. The van der Waals surface area contributed by atoms with Crippen molar-refractivity contribution >= 4 is 10.0 Å². The Morgan fingerprint density at radius 1 is 1.25 bits per heavy atom. The predicted octanol–water partition coefficient (Wildman–Crippen LogP) is 3.27. The lowest BCUT2D eigenvalue weighted by Crippen LogP contribution is -2.28. The van der Waals surface area contributed by atoms with Crippen molar-refractivity contribution in [1.82, 2.24) is 4.31 Å². The molecule has 0 fully saturated rings. The van der Waals surface area contributed by atoms with E-state index in [1.807, 2.05) is 6.92 Å². The van der Waals surface area contributed by atoms with Gasteiger partial charge in [0.25, 0.3) is 0 Å². The lowest BCUT2D eigenvalue weighted by atomic mass is 10.2. The van der Waals surface area contributed by atoms with Crippen molar-refractivity contribution in [3.63, 3.8) is 0 Å². The van der Waals surface area contributed by atoms with E-state index in [-0.39, 0.29) is 6.54 Å². The molecule has 0 saturated heterocycles. The molecule has 0 spiro atoms. The quantitative estimate of drug-likeness (QED) is 0.783. The summed E-state index contributed by atoms with van der Waals surface area (Å²) in [7, 11) is -2.76. The number of benzene rings is 1. The molecular formula is C12H15F4NO2S. The standard InChI is InChI=1S/C12H15F4NO2S/c1-3-4-7-17(2)20(18,19)9-5-6-11(13)10(8-9)12(14,15)16/h5-6,8H,3-4,7H2,1-2H3. The number of hydrogen-bond donors (Lipinski definition) is 0. The van der Waals surface area contributed by atoms with Crippen molar-refractivity contribution in [3.8, 4) is 0 Å². The van der Waals surface area contributed by atoms with Gasteiger partial charge in [-0.3, -0.25) is 0 Å². The molecule has 0 aliphatic carbocycles. The van der Waals surface area contributed by atoms with Crippen LogP contribution in [0.15, 0.2) is 23.1 Å². The van der Waals surface area contributed by atoms with Gasteiger partial charge in [0.15, 0.2) is 0 Å². The van der Waals surface area contributed by atoms with Crippen LogP contribution in [-0.2, 0) is 16.2 Å². The molecule has 20 heavy (non-hydrogen) atoms. The number of nitrogens with zero attached hydrogens (tertiary/aromatic N) is 1. The highest BCUT2D eigenvalue weighted by Crippen LogP contribution is 2.33. The molecule has 3 nitrogen and oxygen atoms in total. The fourth-order valence-electron chi connectivity index (χ4n) is 1.56. The normalized spacial score (nSPS) is 12.9. The number of unbranched alkanes of at least 4 members (excludes halogenated alkanes) is 1. The molecule has 0 unspecified atom stereocenters. The van der Waals surface area contributed by atoms with Crippen molar-refractivity contribution in [3.05, 3.63) is 29.6 Å². The van der Waals surface area contributed by atoms with Gasteiger partial charge in [0, 0.05) is 13.6 Å². The van der Waals surface area contributed by atoms with Gasteiger partial charge in [0.1, 0.15) is 5.82 Å². The van der Waals surface area contributed by atoms with Crippen molar-refractivity contribution in [1.29, 1.82) is 0 Å². The fourth-order valence-corrected chi connectivity index (χ4v) is 2.80. The van der Waals surface area contributed by atoms with Gasteiger partial charge in [0.05, 0.1) is 10.5 Å². The molecule has 0 heterocycles. The van der Waals surface area contributed by atoms with Crippen LogP contribution < -0.4 is 0 Å². The van der Waals surface area contributed by atoms with Crippen LogP contribution in [0.5, 0.6) is 0 Å². The van der Waals surface area contributed by atoms with E-state index in [4.69, 9.17) is 0 Å². The summed E-state index contributed by atoms with van der Waals surface area (Å²) in [6.45, 7) is 2.05. The van der Waals surface area contributed by atoms with Gasteiger partial charge in [-0.2, -0.15) is 13.2 Å². The summed E-state index contributed by atoms with van der Waals surface area (Å²) in [6, 6.07) is 1.68. The van der Waals surface area contributed by atoms with Gasteiger partial charge in [-0.1, -0.05) is 13.3 Å². The molecule has 1 rings (SSSR count). The smallest absolute Gasteiger partial charge is 0.207 e. The third-order valence-corrected chi connectivity index (χ3v) is 4.63. The Hall–Kier alpha value is -1.15. The molecule has 0 bridgehead atoms. The van der Waals surface area contributed by atoms with Gasteiger partial charge in [-0.25, -0.2) is 17.1 Å². The zero-order chi connectivity index (χ0) is 15.6. The molecule has 0 aromatic heterocycles. The maximum absolute atomic E-state index is 13.1. The summed E-state index contributed by atoms with van der Waals surface area (Å²) in [5.41, 5.74) is -1.58. The molecule has 0 N–H and O–H groups in total. The summed E-state index contributed by atoms with van der Waals surface area (Å²) >= 11 is 0. The number of rotatable bonds is 5. The first-order chi connectivity index (χ1) is 9.10. The molecule has 1 aromatic carbocycles. The minimum absolute atomic E-state index is 0.192. The highest BCUT2D eigenvalue weighted by Gasteiger charge is 2.35. The predicted molar refractivity (Wildman–Crippen MR) is 66.1 cm³/mol. The van der Waals surface area contributed by atoms with E-state index < -0.39 is 32.5 Å². The topological polar surface area (TPSA) is 37.4 Å². The average Bonchev–Trinajstić information content (AvgIpc) is 2.34. The number of alkyl halides is 3. The zero-order valence-corrected chi connectivity index (χ0v) is 11.9. The van der Waals surface area contributed by atoms with Crippen LogP contribution in [0, 0.1) is 5.82 Å². The molecule has 1 aromatic rings. The third-order valence-electron chi connectivity index (χ3n) is 2.78.